The van der Waals surface area contributed by atoms with Gasteiger partial charge >= 0.3 is 0 Å². The molecule has 0 aromatic carbocycles. The first-order chi connectivity index (χ1) is 9.75. The molecule has 3 rings (SSSR count). The molecule has 0 unspecified atom stereocenters. The van der Waals surface area contributed by atoms with Crippen LogP contribution < -0.4 is 11.5 Å². The van der Waals surface area contributed by atoms with Gasteiger partial charge in [0.15, 0.2) is 4.96 Å². The average molecular weight is 285 g/mol. The van der Waals surface area contributed by atoms with Crippen LogP contribution in [0, 0.1) is 0 Å². The summed E-state index contributed by atoms with van der Waals surface area (Å²) >= 11 is 1.54. The molecule has 0 radical (unpaired) electrons. The Labute approximate surface area is 118 Å². The van der Waals surface area contributed by atoms with Crippen molar-refractivity contribution in [3.05, 3.63) is 41.8 Å². The fourth-order valence-electron chi connectivity index (χ4n) is 1.79. The SMILES string of the molecule is NC(N)=N/N=C/c1c(-c2cccnc2)nc2sccn12. The number of thiazole rings is 1. The largest absolute Gasteiger partial charge is 0.369 e. The van der Waals surface area contributed by atoms with E-state index in [1.165, 1.54) is 0 Å². The van der Waals surface area contributed by atoms with Crippen molar-refractivity contribution in [3.8, 4) is 11.3 Å². The number of nitrogens with zero attached hydrogens (tertiary/aromatic N) is 5. The number of hydrogen-bond acceptors (Lipinski definition) is 5. The van der Waals surface area contributed by atoms with E-state index in [0.717, 1.165) is 21.9 Å². The van der Waals surface area contributed by atoms with E-state index in [1.807, 2.05) is 28.1 Å². The maximum absolute atomic E-state index is 5.26. The monoisotopic (exact) mass is 285 g/mol. The highest BCUT2D eigenvalue weighted by molar-refractivity contribution is 7.15. The van der Waals surface area contributed by atoms with Crippen molar-refractivity contribution in [2.24, 2.45) is 21.7 Å². The van der Waals surface area contributed by atoms with Crippen molar-refractivity contribution < 1.29 is 0 Å². The van der Waals surface area contributed by atoms with Crippen LogP contribution in [0.2, 0.25) is 0 Å². The predicted molar refractivity (Wildman–Crippen MR) is 79.7 cm³/mol. The molecule has 0 amide bonds. The Morgan fingerprint density at radius 1 is 1.40 bits per heavy atom. The summed E-state index contributed by atoms with van der Waals surface area (Å²) in [4.78, 5) is 9.56. The summed E-state index contributed by atoms with van der Waals surface area (Å²) < 4.78 is 1.93. The molecule has 0 atom stereocenters. The molecular weight excluding hydrogens is 274 g/mol. The lowest BCUT2D eigenvalue weighted by Crippen LogP contribution is -2.21. The molecule has 3 aromatic rings. The van der Waals surface area contributed by atoms with Crippen LogP contribution in [0.25, 0.3) is 16.2 Å². The smallest absolute Gasteiger partial charge is 0.211 e. The van der Waals surface area contributed by atoms with Gasteiger partial charge in [-0.15, -0.1) is 16.4 Å². The number of rotatable bonds is 3. The van der Waals surface area contributed by atoms with Crippen molar-refractivity contribution >= 4 is 28.5 Å². The van der Waals surface area contributed by atoms with Crippen molar-refractivity contribution in [2.45, 2.75) is 0 Å². The van der Waals surface area contributed by atoms with Gasteiger partial charge in [-0.2, -0.15) is 5.10 Å². The first kappa shape index (κ1) is 12.3. The molecule has 3 heterocycles. The van der Waals surface area contributed by atoms with E-state index in [2.05, 4.69) is 20.2 Å². The third kappa shape index (κ3) is 2.24. The van der Waals surface area contributed by atoms with Gasteiger partial charge in [0.25, 0.3) is 0 Å². The molecule has 0 spiro atoms. The number of hydrogen-bond donors (Lipinski definition) is 2. The van der Waals surface area contributed by atoms with Gasteiger partial charge in [-0.25, -0.2) is 4.98 Å². The summed E-state index contributed by atoms with van der Waals surface area (Å²) in [5.41, 5.74) is 13.0. The highest BCUT2D eigenvalue weighted by Crippen LogP contribution is 2.24. The predicted octanol–water partition coefficient (Wildman–Crippen LogP) is 1.07. The fourth-order valence-corrected chi connectivity index (χ4v) is 2.51. The Morgan fingerprint density at radius 2 is 2.30 bits per heavy atom. The van der Waals surface area contributed by atoms with Gasteiger partial charge in [0, 0.05) is 29.5 Å². The lowest BCUT2D eigenvalue weighted by atomic mass is 10.2. The number of nitrogens with two attached hydrogens (primary N) is 2. The molecule has 4 N–H and O–H groups in total. The van der Waals surface area contributed by atoms with Crippen LogP contribution in [0.3, 0.4) is 0 Å². The van der Waals surface area contributed by atoms with E-state index < -0.39 is 0 Å². The Hall–Kier alpha value is -2.74. The zero-order chi connectivity index (χ0) is 13.9. The van der Waals surface area contributed by atoms with Crippen LogP contribution in [-0.4, -0.2) is 26.5 Å². The first-order valence-electron chi connectivity index (χ1n) is 5.73. The van der Waals surface area contributed by atoms with Gasteiger partial charge in [-0.05, 0) is 12.1 Å². The zero-order valence-electron chi connectivity index (χ0n) is 10.3. The molecule has 100 valence electrons. The molecule has 7 nitrogen and oxygen atoms in total. The van der Waals surface area contributed by atoms with Gasteiger partial charge in [0.05, 0.1) is 11.9 Å². The number of imidazole rings is 1. The molecule has 0 bridgehead atoms. The van der Waals surface area contributed by atoms with Gasteiger partial charge in [0.2, 0.25) is 5.96 Å². The molecule has 8 heteroatoms. The molecular formula is C12H11N7S. The van der Waals surface area contributed by atoms with Crippen LogP contribution in [0.1, 0.15) is 5.69 Å². The third-order valence-corrected chi connectivity index (χ3v) is 3.34. The molecule has 0 fully saturated rings. The maximum atomic E-state index is 5.26. The summed E-state index contributed by atoms with van der Waals surface area (Å²) in [6, 6.07) is 3.80. The minimum absolute atomic E-state index is 0.0877. The lowest BCUT2D eigenvalue weighted by Gasteiger charge is -1.97. The quantitative estimate of drug-likeness (QED) is 0.426. The normalized spacial score (nSPS) is 11.2. The second-order valence-electron chi connectivity index (χ2n) is 3.91. The molecule has 3 aromatic heterocycles. The topological polar surface area (TPSA) is 107 Å². The van der Waals surface area contributed by atoms with Crippen molar-refractivity contribution in [1.82, 2.24) is 14.4 Å². The summed E-state index contributed by atoms with van der Waals surface area (Å²) in [7, 11) is 0. The van der Waals surface area contributed by atoms with Gasteiger partial charge in [0.1, 0.15) is 5.69 Å². The number of pyridine rings is 1. The summed E-state index contributed by atoms with van der Waals surface area (Å²) in [6.07, 6.45) is 6.97. The van der Waals surface area contributed by atoms with Crippen LogP contribution in [0.4, 0.5) is 0 Å². The minimum atomic E-state index is -0.0877. The zero-order valence-corrected chi connectivity index (χ0v) is 11.2. The molecule has 0 saturated heterocycles. The van der Waals surface area contributed by atoms with E-state index in [-0.39, 0.29) is 5.96 Å². The lowest BCUT2D eigenvalue weighted by molar-refractivity contribution is 1.18. The van der Waals surface area contributed by atoms with Gasteiger partial charge in [-0.1, -0.05) is 0 Å². The van der Waals surface area contributed by atoms with E-state index in [0.29, 0.717) is 0 Å². The van der Waals surface area contributed by atoms with Crippen LogP contribution in [0.5, 0.6) is 0 Å². The molecule has 0 aliphatic heterocycles. The molecule has 0 aliphatic rings. The number of aromatic nitrogens is 3. The highest BCUT2D eigenvalue weighted by Gasteiger charge is 2.13. The number of fused-ring (bicyclic) bond motifs is 1. The van der Waals surface area contributed by atoms with E-state index in [9.17, 15) is 0 Å². The van der Waals surface area contributed by atoms with Gasteiger partial charge in [-0.3, -0.25) is 9.38 Å². The van der Waals surface area contributed by atoms with Crippen LogP contribution in [-0.2, 0) is 0 Å². The Balaban J connectivity index is 2.14. The Morgan fingerprint density at radius 3 is 3.05 bits per heavy atom. The fraction of sp³-hybridized carbons (Fsp3) is 0. The molecule has 0 saturated carbocycles. The Bertz CT molecular complexity index is 781. The standard InChI is InChI=1S/C12H11N7S/c13-11(14)18-16-7-9-10(8-2-1-3-15-6-8)17-12-19(9)4-5-20-12/h1-7H,(H4,13,14,18)/b16-7+. The average Bonchev–Trinajstić information content (AvgIpc) is 3.01. The minimum Gasteiger partial charge on any atom is -0.369 e. The summed E-state index contributed by atoms with van der Waals surface area (Å²) in [5.74, 6) is -0.0877. The van der Waals surface area contributed by atoms with Crippen LogP contribution in [0.15, 0.2) is 46.3 Å². The second kappa shape index (κ2) is 5.10. The maximum Gasteiger partial charge on any atom is 0.211 e. The molecule has 20 heavy (non-hydrogen) atoms. The summed E-state index contributed by atoms with van der Waals surface area (Å²) in [5, 5.41) is 9.43. The Kier molecular flexibility index (Phi) is 3.13. The van der Waals surface area contributed by atoms with E-state index in [4.69, 9.17) is 11.5 Å². The van der Waals surface area contributed by atoms with E-state index >= 15 is 0 Å². The van der Waals surface area contributed by atoms with E-state index in [1.54, 1.807) is 29.9 Å². The van der Waals surface area contributed by atoms with Gasteiger partial charge < -0.3 is 11.5 Å². The second-order valence-corrected chi connectivity index (χ2v) is 4.79. The van der Waals surface area contributed by atoms with Crippen molar-refractivity contribution in [2.75, 3.05) is 0 Å². The number of guanidine groups is 1. The first-order valence-corrected chi connectivity index (χ1v) is 6.61. The van der Waals surface area contributed by atoms with Crippen LogP contribution >= 0.6 is 11.3 Å². The third-order valence-electron chi connectivity index (χ3n) is 2.59. The van der Waals surface area contributed by atoms with Crippen molar-refractivity contribution in [3.63, 3.8) is 0 Å². The van der Waals surface area contributed by atoms with Crippen molar-refractivity contribution in [1.29, 1.82) is 0 Å². The molecule has 0 aliphatic carbocycles. The summed E-state index contributed by atoms with van der Waals surface area (Å²) in [6.45, 7) is 0. The highest BCUT2D eigenvalue weighted by atomic mass is 32.1.